The second-order valence-corrected chi connectivity index (χ2v) is 3.44. The van der Waals surface area contributed by atoms with Gasteiger partial charge in [0.1, 0.15) is 0 Å². The fourth-order valence-electron chi connectivity index (χ4n) is 0.787. The number of hydrogen-bond acceptors (Lipinski definition) is 3. The molecule has 0 aliphatic heterocycles. The number of carbonyl (C=O) groups excluding carboxylic acids is 2. The van der Waals surface area contributed by atoms with Gasteiger partial charge in [0, 0.05) is 26.6 Å². The fraction of sp³-hybridized carbons (Fsp3) is 0.778. The van der Waals surface area contributed by atoms with Crippen molar-refractivity contribution in [1.82, 2.24) is 10.2 Å². The highest BCUT2D eigenvalue weighted by molar-refractivity contribution is 5.84. The zero-order valence-electron chi connectivity index (χ0n) is 9.04. The minimum atomic E-state index is -0.172. The van der Waals surface area contributed by atoms with E-state index in [0.29, 0.717) is 0 Å². The van der Waals surface area contributed by atoms with Crippen LogP contribution in [0.4, 0.5) is 0 Å². The van der Waals surface area contributed by atoms with Gasteiger partial charge < -0.3 is 16.0 Å². The number of nitrogens with two attached hydrogens (primary N) is 1. The molecule has 0 saturated heterocycles. The van der Waals surface area contributed by atoms with Crippen LogP contribution >= 0.6 is 0 Å². The van der Waals surface area contributed by atoms with E-state index in [1.807, 2.05) is 6.92 Å². The molecule has 5 heteroatoms. The molecule has 14 heavy (non-hydrogen) atoms. The van der Waals surface area contributed by atoms with Crippen LogP contribution < -0.4 is 11.1 Å². The first-order valence-corrected chi connectivity index (χ1v) is 4.69. The van der Waals surface area contributed by atoms with Crippen molar-refractivity contribution >= 4 is 11.8 Å². The highest BCUT2D eigenvalue weighted by Crippen LogP contribution is 1.92. The van der Waals surface area contributed by atoms with Gasteiger partial charge in [-0.3, -0.25) is 9.59 Å². The molecule has 5 nitrogen and oxygen atoms in total. The maximum Gasteiger partial charge on any atom is 0.241 e. The number of nitrogens with one attached hydrogen (secondary N) is 1. The van der Waals surface area contributed by atoms with Crippen LogP contribution in [-0.2, 0) is 9.59 Å². The SMILES string of the molecule is CCC(N)CC(=O)NCC(=O)N(C)C. The Hall–Kier alpha value is -1.10. The average Bonchev–Trinajstić information content (AvgIpc) is 2.13. The maximum absolute atomic E-state index is 11.2. The Balaban J connectivity index is 3.69. The van der Waals surface area contributed by atoms with E-state index in [-0.39, 0.29) is 30.8 Å². The molecule has 3 N–H and O–H groups in total. The maximum atomic E-state index is 11.2. The summed E-state index contributed by atoms with van der Waals surface area (Å²) in [5.74, 6) is -0.294. The third-order valence-corrected chi connectivity index (χ3v) is 1.91. The van der Waals surface area contributed by atoms with Crippen LogP contribution in [-0.4, -0.2) is 43.4 Å². The van der Waals surface area contributed by atoms with Gasteiger partial charge in [-0.25, -0.2) is 0 Å². The predicted octanol–water partition coefficient (Wildman–Crippen LogP) is -0.682. The second kappa shape index (κ2) is 6.37. The number of rotatable bonds is 5. The largest absolute Gasteiger partial charge is 0.347 e. The number of carbonyl (C=O) groups is 2. The molecule has 0 spiro atoms. The lowest BCUT2D eigenvalue weighted by Gasteiger charge is -2.12. The zero-order valence-corrected chi connectivity index (χ0v) is 9.04. The Morgan fingerprint density at radius 2 is 2.00 bits per heavy atom. The number of nitrogens with zero attached hydrogens (tertiary/aromatic N) is 1. The van der Waals surface area contributed by atoms with Crippen molar-refractivity contribution in [1.29, 1.82) is 0 Å². The van der Waals surface area contributed by atoms with Crippen LogP contribution in [0.25, 0.3) is 0 Å². The molecule has 0 radical (unpaired) electrons. The summed E-state index contributed by atoms with van der Waals surface area (Å²) in [4.78, 5) is 23.7. The Bertz CT molecular complexity index is 204. The summed E-state index contributed by atoms with van der Waals surface area (Å²) in [5, 5.41) is 2.52. The Kier molecular flexibility index (Phi) is 5.87. The lowest BCUT2D eigenvalue weighted by molar-refractivity contribution is -0.131. The van der Waals surface area contributed by atoms with Gasteiger partial charge in [0.15, 0.2) is 0 Å². The first-order valence-electron chi connectivity index (χ1n) is 4.69. The monoisotopic (exact) mass is 201 g/mol. The van der Waals surface area contributed by atoms with Gasteiger partial charge in [-0.2, -0.15) is 0 Å². The van der Waals surface area contributed by atoms with Crippen LogP contribution in [0.2, 0.25) is 0 Å². The number of amides is 2. The first-order chi connectivity index (χ1) is 6.47. The summed E-state index contributed by atoms with van der Waals surface area (Å²) in [5.41, 5.74) is 5.58. The summed E-state index contributed by atoms with van der Waals surface area (Å²) >= 11 is 0. The van der Waals surface area contributed by atoms with Crippen LogP contribution in [0.1, 0.15) is 19.8 Å². The van der Waals surface area contributed by atoms with Crippen LogP contribution in [0.5, 0.6) is 0 Å². The minimum absolute atomic E-state index is 0.0439. The zero-order chi connectivity index (χ0) is 11.1. The van der Waals surface area contributed by atoms with Crippen LogP contribution in [0.15, 0.2) is 0 Å². The Morgan fingerprint density at radius 3 is 2.43 bits per heavy atom. The van der Waals surface area contributed by atoms with E-state index in [9.17, 15) is 9.59 Å². The van der Waals surface area contributed by atoms with Crippen molar-refractivity contribution in [2.75, 3.05) is 20.6 Å². The second-order valence-electron chi connectivity index (χ2n) is 3.44. The molecule has 0 fully saturated rings. The van der Waals surface area contributed by atoms with E-state index < -0.39 is 0 Å². The van der Waals surface area contributed by atoms with E-state index in [4.69, 9.17) is 5.73 Å². The van der Waals surface area contributed by atoms with E-state index in [0.717, 1.165) is 6.42 Å². The summed E-state index contributed by atoms with van der Waals surface area (Å²) in [6, 6.07) is -0.121. The van der Waals surface area contributed by atoms with Gasteiger partial charge in [-0.15, -0.1) is 0 Å². The molecule has 1 atom stereocenters. The third-order valence-electron chi connectivity index (χ3n) is 1.91. The highest BCUT2D eigenvalue weighted by Gasteiger charge is 2.09. The Morgan fingerprint density at radius 1 is 1.43 bits per heavy atom. The molecule has 0 heterocycles. The van der Waals surface area contributed by atoms with Gasteiger partial charge >= 0.3 is 0 Å². The molecule has 0 aromatic rings. The molecule has 0 saturated carbocycles. The van der Waals surface area contributed by atoms with Crippen LogP contribution in [0, 0.1) is 0 Å². The number of likely N-dealkylation sites (N-methyl/N-ethyl adjacent to an activating group) is 1. The lowest BCUT2D eigenvalue weighted by atomic mass is 10.1. The third kappa shape index (κ3) is 5.53. The molecule has 0 aliphatic rings. The summed E-state index contributed by atoms with van der Waals surface area (Å²) in [7, 11) is 3.29. The van der Waals surface area contributed by atoms with E-state index in [1.165, 1.54) is 4.90 Å². The molecule has 1 unspecified atom stereocenters. The summed E-state index contributed by atoms with van der Waals surface area (Å²) in [6.07, 6.45) is 1.03. The molecule has 2 amide bonds. The quantitative estimate of drug-likeness (QED) is 0.618. The van der Waals surface area contributed by atoms with Gasteiger partial charge in [0.05, 0.1) is 6.54 Å². The van der Waals surface area contributed by atoms with Crippen molar-refractivity contribution in [3.05, 3.63) is 0 Å². The topological polar surface area (TPSA) is 75.4 Å². The van der Waals surface area contributed by atoms with Crippen molar-refractivity contribution < 1.29 is 9.59 Å². The van der Waals surface area contributed by atoms with Crippen LogP contribution in [0.3, 0.4) is 0 Å². The van der Waals surface area contributed by atoms with Gasteiger partial charge in [0.25, 0.3) is 0 Å². The lowest BCUT2D eigenvalue weighted by Crippen LogP contribution is -2.38. The van der Waals surface area contributed by atoms with Gasteiger partial charge in [-0.1, -0.05) is 6.92 Å². The fourth-order valence-corrected chi connectivity index (χ4v) is 0.787. The van der Waals surface area contributed by atoms with E-state index in [1.54, 1.807) is 14.1 Å². The minimum Gasteiger partial charge on any atom is -0.347 e. The molecule has 0 aromatic heterocycles. The van der Waals surface area contributed by atoms with Gasteiger partial charge in [-0.05, 0) is 6.42 Å². The molecular formula is C9H19N3O2. The molecule has 82 valence electrons. The normalized spacial score (nSPS) is 12.0. The predicted molar refractivity (Wildman–Crippen MR) is 54.6 cm³/mol. The molecule has 0 rings (SSSR count). The number of hydrogen-bond donors (Lipinski definition) is 2. The van der Waals surface area contributed by atoms with E-state index >= 15 is 0 Å². The molecule has 0 aliphatic carbocycles. The smallest absolute Gasteiger partial charge is 0.241 e. The standard InChI is InChI=1S/C9H19N3O2/c1-4-7(10)5-8(13)11-6-9(14)12(2)3/h7H,4-6,10H2,1-3H3,(H,11,13). The molecular weight excluding hydrogens is 182 g/mol. The summed E-state index contributed by atoms with van der Waals surface area (Å²) < 4.78 is 0. The van der Waals surface area contributed by atoms with Crippen molar-refractivity contribution in [3.8, 4) is 0 Å². The van der Waals surface area contributed by atoms with Crippen molar-refractivity contribution in [2.24, 2.45) is 5.73 Å². The van der Waals surface area contributed by atoms with Gasteiger partial charge in [0.2, 0.25) is 11.8 Å². The van der Waals surface area contributed by atoms with E-state index in [2.05, 4.69) is 5.32 Å². The molecule has 0 aromatic carbocycles. The summed E-state index contributed by atoms with van der Waals surface area (Å²) in [6.45, 7) is 1.96. The first kappa shape index (κ1) is 12.9. The average molecular weight is 201 g/mol. The molecule has 0 bridgehead atoms. The Labute approximate surface area is 84.6 Å². The van der Waals surface area contributed by atoms with Crippen molar-refractivity contribution in [3.63, 3.8) is 0 Å². The van der Waals surface area contributed by atoms with Crippen molar-refractivity contribution in [2.45, 2.75) is 25.8 Å². The highest BCUT2D eigenvalue weighted by atomic mass is 16.2.